The van der Waals surface area contributed by atoms with Crippen LogP contribution in [0.5, 0.6) is 0 Å². The predicted octanol–water partition coefficient (Wildman–Crippen LogP) is 3.12. The number of anilines is 2. The number of benzene rings is 2. The third-order valence-electron chi connectivity index (χ3n) is 5.33. The van der Waals surface area contributed by atoms with E-state index < -0.39 is 6.29 Å². The molecule has 29 heavy (non-hydrogen) atoms. The summed E-state index contributed by atoms with van der Waals surface area (Å²) in [7, 11) is 1.64. The molecule has 1 saturated heterocycles. The maximum absolute atomic E-state index is 11.7. The zero-order valence-corrected chi connectivity index (χ0v) is 16.8. The predicted molar refractivity (Wildman–Crippen MR) is 114 cm³/mol. The van der Waals surface area contributed by atoms with E-state index in [0.29, 0.717) is 6.42 Å². The molecule has 2 unspecified atom stereocenters. The molecule has 0 spiro atoms. The smallest absolute Gasteiger partial charge is 0.217 e. The lowest BCUT2D eigenvalue weighted by Crippen LogP contribution is -2.47. The molecule has 2 aliphatic heterocycles. The van der Waals surface area contributed by atoms with E-state index in [2.05, 4.69) is 39.4 Å². The van der Waals surface area contributed by atoms with Gasteiger partial charge in [0.2, 0.25) is 12.2 Å². The fourth-order valence-electron chi connectivity index (χ4n) is 4.08. The van der Waals surface area contributed by atoms with Crippen molar-refractivity contribution in [3.05, 3.63) is 72.5 Å². The molecule has 2 aromatic carbocycles. The third-order valence-corrected chi connectivity index (χ3v) is 5.33. The highest BCUT2D eigenvalue weighted by Crippen LogP contribution is 2.34. The van der Waals surface area contributed by atoms with Gasteiger partial charge in [0.15, 0.2) is 6.17 Å². The Bertz CT molecular complexity index is 809. The highest BCUT2D eigenvalue weighted by atomic mass is 16.7. The van der Waals surface area contributed by atoms with Crippen LogP contribution in [0.4, 0.5) is 11.4 Å². The Labute approximate surface area is 171 Å². The topological polar surface area (TPSA) is 54.0 Å². The Morgan fingerprint density at radius 3 is 2.03 bits per heavy atom. The molecule has 2 atom stereocenters. The van der Waals surface area contributed by atoms with Gasteiger partial charge in [-0.1, -0.05) is 36.4 Å². The molecule has 0 aliphatic carbocycles. The van der Waals surface area contributed by atoms with Gasteiger partial charge in [-0.3, -0.25) is 4.79 Å². The number of hydrogen-bond acceptors (Lipinski definition) is 5. The zero-order valence-electron chi connectivity index (χ0n) is 16.8. The Morgan fingerprint density at radius 1 is 1.00 bits per heavy atom. The average Bonchev–Trinajstić information content (AvgIpc) is 3.19. The summed E-state index contributed by atoms with van der Waals surface area (Å²) in [6.45, 7) is 3.27. The van der Waals surface area contributed by atoms with Gasteiger partial charge in [0.25, 0.3) is 0 Å². The number of carbonyl (C=O) groups is 1. The first kappa shape index (κ1) is 19.3. The number of para-hydroxylation sites is 2. The first-order chi connectivity index (χ1) is 14.2. The van der Waals surface area contributed by atoms with E-state index >= 15 is 0 Å². The van der Waals surface area contributed by atoms with Crippen molar-refractivity contribution in [3.63, 3.8) is 0 Å². The molecule has 0 aromatic heterocycles. The second-order valence-electron chi connectivity index (χ2n) is 7.33. The molecule has 0 saturated carbocycles. The first-order valence-corrected chi connectivity index (χ1v) is 9.97. The van der Waals surface area contributed by atoms with E-state index in [1.54, 1.807) is 7.11 Å². The number of carbonyl (C=O) groups excluding carboxylic acids is 1. The van der Waals surface area contributed by atoms with Gasteiger partial charge in [0.1, 0.15) is 5.76 Å². The van der Waals surface area contributed by atoms with E-state index in [9.17, 15) is 4.79 Å². The molecule has 4 rings (SSSR count). The Hall–Kier alpha value is -2.99. The summed E-state index contributed by atoms with van der Waals surface area (Å²) in [5.41, 5.74) is 2.27. The second kappa shape index (κ2) is 8.57. The van der Waals surface area contributed by atoms with Crippen LogP contribution in [0.15, 0.2) is 72.5 Å². The Balaban J connectivity index is 1.73. The number of nitrogens with zero attached hydrogens (tertiary/aromatic N) is 2. The molecule has 0 bridgehead atoms. The van der Waals surface area contributed by atoms with Crippen molar-refractivity contribution in [3.8, 4) is 0 Å². The maximum atomic E-state index is 11.7. The SMILES string of the molecule is COC1CC(NC(C)=O)C=C(C2N(c3ccccc3)CCN2c2ccccc2)O1. The quantitative estimate of drug-likeness (QED) is 0.846. The lowest BCUT2D eigenvalue weighted by atomic mass is 10.1. The average molecular weight is 393 g/mol. The van der Waals surface area contributed by atoms with Crippen LogP contribution >= 0.6 is 0 Å². The van der Waals surface area contributed by atoms with Crippen molar-refractivity contribution in [2.45, 2.75) is 31.8 Å². The molecular weight excluding hydrogens is 366 g/mol. The van der Waals surface area contributed by atoms with Crippen LogP contribution in [0.1, 0.15) is 13.3 Å². The molecule has 6 nitrogen and oxygen atoms in total. The van der Waals surface area contributed by atoms with E-state index in [4.69, 9.17) is 9.47 Å². The van der Waals surface area contributed by atoms with Crippen LogP contribution < -0.4 is 15.1 Å². The van der Waals surface area contributed by atoms with Crippen LogP contribution in [-0.4, -0.2) is 44.6 Å². The van der Waals surface area contributed by atoms with Crippen LogP contribution in [0.25, 0.3) is 0 Å². The number of hydrogen-bond donors (Lipinski definition) is 1. The van der Waals surface area contributed by atoms with Crippen molar-refractivity contribution < 1.29 is 14.3 Å². The summed E-state index contributed by atoms with van der Waals surface area (Å²) in [5, 5.41) is 3.00. The lowest BCUT2D eigenvalue weighted by molar-refractivity contribution is -0.124. The van der Waals surface area contributed by atoms with Crippen LogP contribution in [0, 0.1) is 0 Å². The fraction of sp³-hybridized carbons (Fsp3) is 0.348. The molecule has 6 heteroatoms. The minimum absolute atomic E-state index is 0.0615. The minimum atomic E-state index is -0.400. The molecule has 2 aromatic rings. The Morgan fingerprint density at radius 2 is 1.55 bits per heavy atom. The number of rotatable bonds is 5. The van der Waals surface area contributed by atoms with Crippen molar-refractivity contribution >= 4 is 17.3 Å². The van der Waals surface area contributed by atoms with Crippen molar-refractivity contribution in [1.82, 2.24) is 5.32 Å². The minimum Gasteiger partial charge on any atom is -0.465 e. The monoisotopic (exact) mass is 393 g/mol. The standard InChI is InChI=1S/C23H27N3O3/c1-17(27)24-18-15-21(29-22(16-18)28-2)23-25(19-9-5-3-6-10-19)13-14-26(23)20-11-7-4-8-12-20/h3-12,15,18,22-23H,13-14,16H2,1-2H3,(H,24,27). The summed E-state index contributed by atoms with van der Waals surface area (Å²) in [6.07, 6.45) is 2.10. The second-order valence-corrected chi connectivity index (χ2v) is 7.33. The van der Waals surface area contributed by atoms with Crippen LogP contribution in [0.2, 0.25) is 0 Å². The molecular formula is C23H27N3O3. The summed E-state index contributed by atoms with van der Waals surface area (Å²) >= 11 is 0. The number of amides is 1. The van der Waals surface area contributed by atoms with E-state index in [1.807, 2.05) is 42.5 Å². The van der Waals surface area contributed by atoms with Gasteiger partial charge in [-0.2, -0.15) is 0 Å². The van der Waals surface area contributed by atoms with Gasteiger partial charge >= 0.3 is 0 Å². The molecule has 1 N–H and O–H groups in total. The summed E-state index contributed by atoms with van der Waals surface area (Å²) in [6, 6.07) is 20.6. The summed E-state index contributed by atoms with van der Waals surface area (Å²) in [4.78, 5) is 16.3. The third kappa shape index (κ3) is 4.22. The van der Waals surface area contributed by atoms with Gasteiger partial charge in [0, 0.05) is 44.9 Å². The largest absolute Gasteiger partial charge is 0.465 e. The van der Waals surface area contributed by atoms with E-state index in [0.717, 1.165) is 30.2 Å². The van der Waals surface area contributed by atoms with Crippen LogP contribution in [0.3, 0.4) is 0 Å². The normalized spacial score (nSPS) is 22.2. The maximum Gasteiger partial charge on any atom is 0.217 e. The molecule has 152 valence electrons. The highest BCUT2D eigenvalue weighted by molar-refractivity contribution is 5.73. The summed E-state index contributed by atoms with van der Waals surface area (Å²) < 4.78 is 11.8. The first-order valence-electron chi connectivity index (χ1n) is 9.97. The summed E-state index contributed by atoms with van der Waals surface area (Å²) in [5.74, 6) is 0.737. The van der Waals surface area contributed by atoms with Crippen molar-refractivity contribution in [1.29, 1.82) is 0 Å². The van der Waals surface area contributed by atoms with Gasteiger partial charge in [0.05, 0.1) is 6.04 Å². The molecule has 2 aliphatic rings. The molecule has 1 fully saturated rings. The number of methoxy groups -OCH3 is 1. The highest BCUT2D eigenvalue weighted by Gasteiger charge is 2.39. The van der Waals surface area contributed by atoms with Crippen LogP contribution in [-0.2, 0) is 14.3 Å². The van der Waals surface area contributed by atoms with Crippen molar-refractivity contribution in [2.24, 2.45) is 0 Å². The van der Waals surface area contributed by atoms with Gasteiger partial charge in [-0.25, -0.2) is 0 Å². The van der Waals surface area contributed by atoms with Gasteiger partial charge < -0.3 is 24.6 Å². The molecule has 0 radical (unpaired) electrons. The van der Waals surface area contributed by atoms with E-state index in [1.165, 1.54) is 6.92 Å². The lowest BCUT2D eigenvalue weighted by Gasteiger charge is -2.38. The van der Waals surface area contributed by atoms with Gasteiger partial charge in [-0.05, 0) is 30.3 Å². The van der Waals surface area contributed by atoms with E-state index in [-0.39, 0.29) is 18.1 Å². The van der Waals surface area contributed by atoms with Crippen molar-refractivity contribution in [2.75, 3.05) is 30.0 Å². The molecule has 2 heterocycles. The zero-order chi connectivity index (χ0) is 20.2. The van der Waals surface area contributed by atoms with Gasteiger partial charge in [-0.15, -0.1) is 0 Å². The fourth-order valence-corrected chi connectivity index (χ4v) is 4.08. The Kier molecular flexibility index (Phi) is 5.71. The number of ether oxygens (including phenoxy) is 2. The number of nitrogens with one attached hydrogen (secondary N) is 1. The molecule has 1 amide bonds.